The number of carbonyl (C=O) groups is 1. The summed E-state index contributed by atoms with van der Waals surface area (Å²) in [7, 11) is 0. The fraction of sp³-hybridized carbons (Fsp3) is 0.111. The van der Waals surface area contributed by atoms with Gasteiger partial charge in [-0.05, 0) is 48.9 Å². The van der Waals surface area contributed by atoms with Gasteiger partial charge in [0, 0.05) is 28.5 Å². The number of tetrazole rings is 1. The predicted octanol–water partition coefficient (Wildman–Crippen LogP) is 3.59. The number of aryl methyl sites for hydroxylation is 1. The molecule has 0 saturated heterocycles. The van der Waals surface area contributed by atoms with E-state index in [0.29, 0.717) is 17.1 Å². The third-order valence-electron chi connectivity index (χ3n) is 4.16. The van der Waals surface area contributed by atoms with Crippen molar-refractivity contribution in [2.75, 3.05) is 5.32 Å². The molecule has 0 bridgehead atoms. The molecule has 1 aromatic carbocycles. The zero-order valence-electron chi connectivity index (χ0n) is 14.2. The topological polar surface area (TPSA) is 88.5 Å². The molecule has 8 heteroatoms. The molecule has 1 amide bonds. The summed E-state index contributed by atoms with van der Waals surface area (Å²) in [4.78, 5) is 14.1. The summed E-state index contributed by atoms with van der Waals surface area (Å²) in [5.41, 5.74) is 3.14. The molecule has 7 nitrogen and oxygen atoms in total. The van der Waals surface area contributed by atoms with Crippen LogP contribution in [0.1, 0.15) is 20.8 Å². The second-order valence-corrected chi connectivity index (χ2v) is 7.03. The van der Waals surface area contributed by atoms with Crippen LogP contribution >= 0.6 is 11.3 Å². The Morgan fingerprint density at radius 1 is 1.19 bits per heavy atom. The number of anilines is 1. The number of nitrogens with zero attached hydrogens (tertiary/aromatic N) is 4. The van der Waals surface area contributed by atoms with E-state index >= 15 is 0 Å². The number of thiophene rings is 1. The van der Waals surface area contributed by atoms with Crippen molar-refractivity contribution in [1.82, 2.24) is 25.2 Å². The van der Waals surface area contributed by atoms with Crippen LogP contribution in [0.3, 0.4) is 0 Å². The van der Waals surface area contributed by atoms with Gasteiger partial charge in [0.05, 0.1) is 5.56 Å². The SMILES string of the molecule is Cc1sc(-n2cccc2)c(C(=O)Nc2cccc(-c3nn[nH]n3)c2)c1C. The number of nitrogens with one attached hydrogen (secondary N) is 2. The van der Waals surface area contributed by atoms with Crippen molar-refractivity contribution in [2.24, 2.45) is 0 Å². The Kier molecular flexibility index (Phi) is 4.10. The first-order valence-electron chi connectivity index (χ1n) is 8.02. The molecule has 26 heavy (non-hydrogen) atoms. The number of hydrogen-bond acceptors (Lipinski definition) is 5. The number of aromatic amines is 1. The van der Waals surface area contributed by atoms with Gasteiger partial charge >= 0.3 is 0 Å². The van der Waals surface area contributed by atoms with E-state index in [0.717, 1.165) is 21.0 Å². The van der Waals surface area contributed by atoms with Gasteiger partial charge in [0.2, 0.25) is 5.82 Å². The van der Waals surface area contributed by atoms with Crippen molar-refractivity contribution in [3.8, 4) is 16.4 Å². The van der Waals surface area contributed by atoms with Crippen LogP contribution in [0, 0.1) is 13.8 Å². The van der Waals surface area contributed by atoms with Crippen LogP contribution < -0.4 is 5.32 Å². The number of H-pyrrole nitrogens is 1. The van der Waals surface area contributed by atoms with Gasteiger partial charge in [0.15, 0.2) is 0 Å². The number of hydrogen-bond donors (Lipinski definition) is 2. The highest BCUT2D eigenvalue weighted by Crippen LogP contribution is 2.31. The molecule has 0 saturated carbocycles. The molecule has 0 fully saturated rings. The molecule has 0 aliphatic carbocycles. The van der Waals surface area contributed by atoms with Crippen LogP contribution in [-0.2, 0) is 0 Å². The molecule has 4 aromatic rings. The molecule has 3 heterocycles. The maximum Gasteiger partial charge on any atom is 0.258 e. The molecular weight excluding hydrogens is 348 g/mol. The van der Waals surface area contributed by atoms with Gasteiger partial charge in [0.25, 0.3) is 5.91 Å². The minimum Gasteiger partial charge on any atom is -0.322 e. The Hall–Kier alpha value is -3.26. The average Bonchev–Trinajstić information content (AvgIpc) is 3.37. The summed E-state index contributed by atoms with van der Waals surface area (Å²) in [5.74, 6) is 0.345. The lowest BCUT2D eigenvalue weighted by Crippen LogP contribution is -2.14. The number of benzene rings is 1. The van der Waals surface area contributed by atoms with Crippen LogP contribution in [0.15, 0.2) is 48.8 Å². The predicted molar refractivity (Wildman–Crippen MR) is 101 cm³/mol. The van der Waals surface area contributed by atoms with Crippen LogP contribution in [-0.4, -0.2) is 31.1 Å². The first kappa shape index (κ1) is 16.2. The molecule has 0 atom stereocenters. The van der Waals surface area contributed by atoms with Gasteiger partial charge in [0.1, 0.15) is 5.00 Å². The summed E-state index contributed by atoms with van der Waals surface area (Å²) in [6, 6.07) is 11.3. The second-order valence-electron chi connectivity index (χ2n) is 5.82. The van der Waals surface area contributed by atoms with E-state index in [1.807, 2.05) is 67.2 Å². The standard InChI is InChI=1S/C18H16N6OS/c1-11-12(2)26-18(24-8-3-4-9-24)15(11)17(25)19-14-7-5-6-13(10-14)16-20-22-23-21-16/h3-10H,1-2H3,(H,19,25)(H,20,21,22,23). The largest absolute Gasteiger partial charge is 0.322 e. The molecule has 0 aliphatic rings. The molecule has 130 valence electrons. The van der Waals surface area contributed by atoms with Crippen LogP contribution in [0.2, 0.25) is 0 Å². The zero-order chi connectivity index (χ0) is 18.1. The third-order valence-corrected chi connectivity index (χ3v) is 5.38. The first-order valence-corrected chi connectivity index (χ1v) is 8.83. The van der Waals surface area contributed by atoms with Crippen molar-refractivity contribution in [1.29, 1.82) is 0 Å². The molecule has 0 unspecified atom stereocenters. The van der Waals surface area contributed by atoms with Crippen molar-refractivity contribution >= 4 is 22.9 Å². The summed E-state index contributed by atoms with van der Waals surface area (Å²) < 4.78 is 1.97. The normalized spacial score (nSPS) is 10.8. The van der Waals surface area contributed by atoms with Gasteiger partial charge in [-0.15, -0.1) is 21.5 Å². The fourth-order valence-electron chi connectivity index (χ4n) is 2.74. The van der Waals surface area contributed by atoms with Crippen molar-refractivity contribution < 1.29 is 4.79 Å². The number of amides is 1. The van der Waals surface area contributed by atoms with E-state index in [1.165, 1.54) is 0 Å². The smallest absolute Gasteiger partial charge is 0.258 e. The maximum atomic E-state index is 13.0. The highest BCUT2D eigenvalue weighted by molar-refractivity contribution is 7.15. The van der Waals surface area contributed by atoms with Gasteiger partial charge in [-0.3, -0.25) is 4.79 Å². The van der Waals surface area contributed by atoms with Crippen molar-refractivity contribution in [2.45, 2.75) is 13.8 Å². The Bertz CT molecular complexity index is 1050. The third kappa shape index (κ3) is 2.91. The zero-order valence-corrected chi connectivity index (χ0v) is 15.0. The molecule has 0 spiro atoms. The highest BCUT2D eigenvalue weighted by Gasteiger charge is 2.20. The quantitative estimate of drug-likeness (QED) is 0.579. The summed E-state index contributed by atoms with van der Waals surface area (Å²) in [5, 5.41) is 17.8. The van der Waals surface area contributed by atoms with Crippen LogP contribution in [0.5, 0.6) is 0 Å². The average molecular weight is 364 g/mol. The Morgan fingerprint density at radius 2 is 2.00 bits per heavy atom. The molecule has 0 aliphatic heterocycles. The minimum absolute atomic E-state index is 0.138. The van der Waals surface area contributed by atoms with E-state index in [-0.39, 0.29) is 5.91 Å². The maximum absolute atomic E-state index is 13.0. The highest BCUT2D eigenvalue weighted by atomic mass is 32.1. The summed E-state index contributed by atoms with van der Waals surface area (Å²) in [6.07, 6.45) is 3.89. The molecule has 4 rings (SSSR count). The summed E-state index contributed by atoms with van der Waals surface area (Å²) >= 11 is 1.61. The van der Waals surface area contributed by atoms with E-state index in [9.17, 15) is 4.79 Å². The van der Waals surface area contributed by atoms with Gasteiger partial charge in [-0.1, -0.05) is 12.1 Å². The molecule has 2 N–H and O–H groups in total. The van der Waals surface area contributed by atoms with Gasteiger partial charge < -0.3 is 9.88 Å². The van der Waals surface area contributed by atoms with Gasteiger partial charge in [-0.2, -0.15) is 5.21 Å². The number of carbonyl (C=O) groups excluding carboxylic acids is 1. The van der Waals surface area contributed by atoms with Crippen LogP contribution in [0.25, 0.3) is 16.4 Å². The second kappa shape index (κ2) is 6.57. The van der Waals surface area contributed by atoms with Crippen molar-refractivity contribution in [3.63, 3.8) is 0 Å². The monoisotopic (exact) mass is 364 g/mol. The fourth-order valence-corrected chi connectivity index (χ4v) is 3.86. The molecular formula is C18H16N6OS. The Labute approximate surface area is 153 Å². The number of rotatable bonds is 4. The lowest BCUT2D eigenvalue weighted by Gasteiger charge is -2.09. The minimum atomic E-state index is -0.138. The van der Waals surface area contributed by atoms with Crippen molar-refractivity contribution in [3.05, 3.63) is 64.8 Å². The lowest BCUT2D eigenvalue weighted by molar-refractivity contribution is 0.102. The molecule has 0 radical (unpaired) electrons. The van der Waals surface area contributed by atoms with E-state index < -0.39 is 0 Å². The first-order chi connectivity index (χ1) is 12.6. The Balaban J connectivity index is 1.67. The number of aromatic nitrogens is 5. The lowest BCUT2D eigenvalue weighted by atomic mass is 10.1. The van der Waals surface area contributed by atoms with E-state index in [2.05, 4.69) is 25.9 Å². The van der Waals surface area contributed by atoms with E-state index in [4.69, 9.17) is 0 Å². The molecule has 3 aromatic heterocycles. The van der Waals surface area contributed by atoms with Gasteiger partial charge in [-0.25, -0.2) is 0 Å². The van der Waals surface area contributed by atoms with E-state index in [1.54, 1.807) is 11.3 Å². The summed E-state index contributed by atoms with van der Waals surface area (Å²) in [6.45, 7) is 4.00. The Morgan fingerprint density at radius 3 is 2.73 bits per heavy atom. The van der Waals surface area contributed by atoms with Crippen LogP contribution in [0.4, 0.5) is 5.69 Å².